The lowest BCUT2D eigenvalue weighted by molar-refractivity contribution is 0.0691. The fraction of sp³-hybridized carbons (Fsp3) is 0.100. The molecule has 0 aliphatic heterocycles. The van der Waals surface area contributed by atoms with E-state index >= 15 is 0 Å². The number of rotatable bonds is 2. The van der Waals surface area contributed by atoms with Crippen molar-refractivity contribution in [1.29, 1.82) is 0 Å². The van der Waals surface area contributed by atoms with E-state index in [1.54, 1.807) is 12.3 Å². The summed E-state index contributed by atoms with van der Waals surface area (Å²) in [5.74, 6) is -1.04. The Morgan fingerprint density at radius 3 is 2.80 bits per heavy atom. The Bertz CT molecular complexity index is 488. The molecule has 0 atom stereocenters. The summed E-state index contributed by atoms with van der Waals surface area (Å²) in [7, 11) is 0. The zero-order valence-corrected chi connectivity index (χ0v) is 8.06. The van der Waals surface area contributed by atoms with Crippen LogP contribution in [0.1, 0.15) is 16.1 Å². The first-order chi connectivity index (χ1) is 7.18. The van der Waals surface area contributed by atoms with E-state index in [0.29, 0.717) is 11.3 Å². The van der Waals surface area contributed by atoms with Gasteiger partial charge in [0.1, 0.15) is 0 Å². The maximum Gasteiger partial charge on any atom is 0.354 e. The summed E-state index contributed by atoms with van der Waals surface area (Å²) in [6, 6.07) is 3.65. The van der Waals surface area contributed by atoms with Crippen LogP contribution in [0.2, 0.25) is 0 Å². The Morgan fingerprint density at radius 1 is 1.40 bits per heavy atom. The first-order valence-corrected chi connectivity index (χ1v) is 4.38. The fourth-order valence-electron chi connectivity index (χ4n) is 1.27. The van der Waals surface area contributed by atoms with Gasteiger partial charge in [-0.25, -0.2) is 4.79 Å². The quantitative estimate of drug-likeness (QED) is 0.774. The minimum Gasteiger partial charge on any atom is -0.477 e. The standard InChI is InChI=1S/C10H9N3O2/c1-6-2-3-8(11-4-6)7-5-12-13-9(7)10(14)15/h2-5H,1H3,(H,12,13)(H,14,15). The van der Waals surface area contributed by atoms with Gasteiger partial charge in [-0.2, -0.15) is 5.10 Å². The molecular formula is C10H9N3O2. The number of carbonyl (C=O) groups is 1. The molecule has 0 radical (unpaired) electrons. The van der Waals surface area contributed by atoms with Crippen molar-refractivity contribution < 1.29 is 9.90 Å². The van der Waals surface area contributed by atoms with Crippen molar-refractivity contribution in [3.05, 3.63) is 35.8 Å². The zero-order chi connectivity index (χ0) is 10.8. The maximum atomic E-state index is 10.8. The van der Waals surface area contributed by atoms with E-state index < -0.39 is 5.97 Å². The smallest absolute Gasteiger partial charge is 0.354 e. The van der Waals surface area contributed by atoms with Crippen LogP contribution in [0.25, 0.3) is 11.3 Å². The Hall–Kier alpha value is -2.17. The molecule has 5 heteroatoms. The summed E-state index contributed by atoms with van der Waals surface area (Å²) in [5.41, 5.74) is 2.19. The lowest BCUT2D eigenvalue weighted by Crippen LogP contribution is -1.99. The summed E-state index contributed by atoms with van der Waals surface area (Å²) in [5, 5.41) is 15.0. The number of aromatic amines is 1. The van der Waals surface area contributed by atoms with Gasteiger partial charge in [0.05, 0.1) is 17.5 Å². The second kappa shape index (κ2) is 3.53. The molecule has 0 bridgehead atoms. The van der Waals surface area contributed by atoms with Gasteiger partial charge in [0.25, 0.3) is 0 Å². The molecule has 5 nitrogen and oxygen atoms in total. The number of pyridine rings is 1. The number of H-pyrrole nitrogens is 1. The van der Waals surface area contributed by atoms with Crippen LogP contribution in [0.15, 0.2) is 24.5 Å². The number of hydrogen-bond acceptors (Lipinski definition) is 3. The van der Waals surface area contributed by atoms with E-state index in [1.807, 2.05) is 13.0 Å². The molecule has 2 aromatic rings. The van der Waals surface area contributed by atoms with Crippen LogP contribution in [0, 0.1) is 6.92 Å². The maximum absolute atomic E-state index is 10.8. The lowest BCUT2D eigenvalue weighted by atomic mass is 10.1. The largest absolute Gasteiger partial charge is 0.477 e. The number of nitrogens with zero attached hydrogens (tertiary/aromatic N) is 2. The number of aromatic nitrogens is 3. The predicted molar refractivity (Wildman–Crippen MR) is 53.5 cm³/mol. The van der Waals surface area contributed by atoms with E-state index in [0.717, 1.165) is 5.56 Å². The van der Waals surface area contributed by atoms with Crippen molar-refractivity contribution >= 4 is 5.97 Å². The van der Waals surface area contributed by atoms with E-state index in [4.69, 9.17) is 5.11 Å². The van der Waals surface area contributed by atoms with Gasteiger partial charge in [0.2, 0.25) is 0 Å². The van der Waals surface area contributed by atoms with E-state index in [9.17, 15) is 4.79 Å². The number of nitrogens with one attached hydrogen (secondary N) is 1. The average Bonchev–Trinajstić information content (AvgIpc) is 2.67. The first-order valence-electron chi connectivity index (χ1n) is 4.38. The van der Waals surface area contributed by atoms with Crippen molar-refractivity contribution in [2.45, 2.75) is 6.92 Å². The Balaban J connectivity index is 2.49. The van der Waals surface area contributed by atoms with Gasteiger partial charge >= 0.3 is 5.97 Å². The van der Waals surface area contributed by atoms with Gasteiger partial charge in [0, 0.05) is 6.20 Å². The second-order valence-electron chi connectivity index (χ2n) is 3.18. The molecule has 0 aliphatic rings. The van der Waals surface area contributed by atoms with Crippen LogP contribution in [0.3, 0.4) is 0 Å². The average molecular weight is 203 g/mol. The molecule has 2 N–H and O–H groups in total. The molecule has 2 aromatic heterocycles. The van der Waals surface area contributed by atoms with E-state index in [1.165, 1.54) is 6.20 Å². The van der Waals surface area contributed by atoms with Crippen molar-refractivity contribution in [3.8, 4) is 11.3 Å². The van der Waals surface area contributed by atoms with Crippen LogP contribution in [0.5, 0.6) is 0 Å². The Labute approximate surface area is 85.8 Å². The molecule has 0 unspecified atom stereocenters. The number of hydrogen-bond donors (Lipinski definition) is 2. The Morgan fingerprint density at radius 2 is 2.20 bits per heavy atom. The molecule has 0 amide bonds. The van der Waals surface area contributed by atoms with Crippen molar-refractivity contribution in [2.24, 2.45) is 0 Å². The van der Waals surface area contributed by atoms with Crippen LogP contribution in [-0.2, 0) is 0 Å². The van der Waals surface area contributed by atoms with Crippen molar-refractivity contribution in [2.75, 3.05) is 0 Å². The van der Waals surface area contributed by atoms with Crippen LogP contribution >= 0.6 is 0 Å². The lowest BCUT2D eigenvalue weighted by Gasteiger charge is -1.98. The minimum atomic E-state index is -1.04. The highest BCUT2D eigenvalue weighted by atomic mass is 16.4. The normalized spacial score (nSPS) is 10.2. The number of aromatic carboxylic acids is 1. The predicted octanol–water partition coefficient (Wildman–Crippen LogP) is 1.48. The van der Waals surface area contributed by atoms with Crippen molar-refractivity contribution in [3.63, 3.8) is 0 Å². The van der Waals surface area contributed by atoms with Gasteiger partial charge in [-0.15, -0.1) is 0 Å². The summed E-state index contributed by atoms with van der Waals surface area (Å²) in [6.45, 7) is 1.92. The monoisotopic (exact) mass is 203 g/mol. The second-order valence-corrected chi connectivity index (χ2v) is 3.18. The molecule has 76 valence electrons. The van der Waals surface area contributed by atoms with Gasteiger partial charge in [0.15, 0.2) is 5.69 Å². The fourth-order valence-corrected chi connectivity index (χ4v) is 1.27. The SMILES string of the molecule is Cc1ccc(-c2cn[nH]c2C(=O)O)nc1. The van der Waals surface area contributed by atoms with Gasteiger partial charge in [-0.3, -0.25) is 10.1 Å². The topological polar surface area (TPSA) is 78.9 Å². The molecule has 0 saturated carbocycles. The number of carboxylic acids is 1. The highest BCUT2D eigenvalue weighted by Gasteiger charge is 2.14. The van der Waals surface area contributed by atoms with Crippen LogP contribution in [-0.4, -0.2) is 26.3 Å². The molecule has 0 saturated heterocycles. The summed E-state index contributed by atoms with van der Waals surface area (Å²) in [4.78, 5) is 15.0. The number of aryl methyl sites for hydroxylation is 1. The molecule has 2 rings (SSSR count). The third-order valence-electron chi connectivity index (χ3n) is 2.04. The number of carboxylic acid groups (broad SMARTS) is 1. The molecule has 0 spiro atoms. The molecule has 15 heavy (non-hydrogen) atoms. The summed E-state index contributed by atoms with van der Waals surface area (Å²) >= 11 is 0. The van der Waals surface area contributed by atoms with Gasteiger partial charge in [-0.05, 0) is 18.6 Å². The summed E-state index contributed by atoms with van der Waals surface area (Å²) < 4.78 is 0. The Kier molecular flexibility index (Phi) is 2.21. The third-order valence-corrected chi connectivity index (χ3v) is 2.04. The van der Waals surface area contributed by atoms with Crippen molar-refractivity contribution in [1.82, 2.24) is 15.2 Å². The van der Waals surface area contributed by atoms with E-state index in [2.05, 4.69) is 15.2 Å². The van der Waals surface area contributed by atoms with Crippen LogP contribution < -0.4 is 0 Å². The first kappa shape index (κ1) is 9.39. The van der Waals surface area contributed by atoms with Crippen LogP contribution in [0.4, 0.5) is 0 Å². The molecule has 0 aliphatic carbocycles. The zero-order valence-electron chi connectivity index (χ0n) is 8.06. The molecule has 0 aromatic carbocycles. The highest BCUT2D eigenvalue weighted by molar-refractivity contribution is 5.93. The van der Waals surface area contributed by atoms with E-state index in [-0.39, 0.29) is 5.69 Å². The molecule has 2 heterocycles. The van der Waals surface area contributed by atoms with Gasteiger partial charge in [-0.1, -0.05) is 6.07 Å². The molecule has 0 fully saturated rings. The van der Waals surface area contributed by atoms with Gasteiger partial charge < -0.3 is 5.11 Å². The third kappa shape index (κ3) is 1.71. The minimum absolute atomic E-state index is 0.0614. The highest BCUT2D eigenvalue weighted by Crippen LogP contribution is 2.19. The summed E-state index contributed by atoms with van der Waals surface area (Å²) in [6.07, 6.45) is 3.15. The molecular weight excluding hydrogens is 194 g/mol.